The van der Waals surface area contributed by atoms with Gasteiger partial charge < -0.3 is 4.74 Å². The fourth-order valence-electron chi connectivity index (χ4n) is 0.895. The van der Waals surface area contributed by atoms with E-state index in [-0.39, 0.29) is 0 Å². The topological polar surface area (TPSA) is 9.23 Å². The Morgan fingerprint density at radius 2 is 2.00 bits per heavy atom. The van der Waals surface area contributed by atoms with Crippen molar-refractivity contribution in [3.63, 3.8) is 0 Å². The Hall–Kier alpha value is -1.24. The maximum Gasteiger partial charge on any atom is 0.0788 e. The van der Waals surface area contributed by atoms with Crippen molar-refractivity contribution in [3.8, 4) is 0 Å². The number of benzene rings is 1. The van der Waals surface area contributed by atoms with Crippen molar-refractivity contribution in [1.29, 1.82) is 0 Å². The summed E-state index contributed by atoms with van der Waals surface area (Å²) < 4.78 is 4.78. The Morgan fingerprint density at radius 3 is 2.64 bits per heavy atom. The summed E-state index contributed by atoms with van der Waals surface area (Å²) in [4.78, 5) is 0. The molecule has 1 aromatic carbocycles. The van der Waals surface area contributed by atoms with Crippen molar-refractivity contribution in [2.24, 2.45) is 0 Å². The molecule has 11 heavy (non-hydrogen) atoms. The normalized spacial score (nSPS) is 10.3. The zero-order valence-corrected chi connectivity index (χ0v) is 6.66. The molecule has 1 nitrogen and oxygen atoms in total. The largest absolute Gasteiger partial charge is 0.505 e. The molecule has 0 atom stereocenters. The van der Waals surface area contributed by atoms with Gasteiger partial charge in [-0.25, -0.2) is 0 Å². The summed E-state index contributed by atoms with van der Waals surface area (Å²) >= 11 is 0. The molecule has 0 spiro atoms. The van der Waals surface area contributed by atoms with Gasteiger partial charge in [-0.05, 0) is 18.1 Å². The molecule has 58 valence electrons. The SMILES string of the molecule is CO/C=C\Cc1ccccc1. The number of ether oxygens (including phenoxy) is 1. The molecule has 1 rings (SSSR count). The molecule has 0 aliphatic carbocycles. The Bertz CT molecular complexity index is 214. The molecule has 0 aliphatic heterocycles. The van der Waals surface area contributed by atoms with Crippen molar-refractivity contribution >= 4 is 0 Å². The number of hydrogen-bond donors (Lipinski definition) is 0. The lowest BCUT2D eigenvalue weighted by atomic mass is 10.2. The Labute approximate surface area is 67.3 Å². The third-order valence-corrected chi connectivity index (χ3v) is 1.43. The molecule has 0 amide bonds. The summed E-state index contributed by atoms with van der Waals surface area (Å²) in [5.74, 6) is 0. The highest BCUT2D eigenvalue weighted by molar-refractivity contribution is 5.16. The standard InChI is InChI=1S/C10H12O/c1-11-9-5-8-10-6-3-2-4-7-10/h2-7,9H,8H2,1H3/b9-5-. The maximum atomic E-state index is 4.78. The van der Waals surface area contributed by atoms with Gasteiger partial charge in [0, 0.05) is 0 Å². The molecule has 0 saturated heterocycles. The van der Waals surface area contributed by atoms with Crippen molar-refractivity contribution in [3.05, 3.63) is 48.2 Å². The van der Waals surface area contributed by atoms with Gasteiger partial charge in [0.2, 0.25) is 0 Å². The molecule has 0 saturated carbocycles. The second-order valence-corrected chi connectivity index (χ2v) is 2.30. The van der Waals surface area contributed by atoms with Crippen molar-refractivity contribution in [2.75, 3.05) is 7.11 Å². The minimum absolute atomic E-state index is 0.939. The molecule has 0 aliphatic rings. The highest BCUT2D eigenvalue weighted by atomic mass is 16.5. The second-order valence-electron chi connectivity index (χ2n) is 2.30. The van der Waals surface area contributed by atoms with Gasteiger partial charge in [0.1, 0.15) is 0 Å². The van der Waals surface area contributed by atoms with Crippen molar-refractivity contribution in [2.45, 2.75) is 6.42 Å². The van der Waals surface area contributed by atoms with E-state index < -0.39 is 0 Å². The van der Waals surface area contributed by atoms with Gasteiger partial charge in [0.05, 0.1) is 13.4 Å². The van der Waals surface area contributed by atoms with Crippen LogP contribution >= 0.6 is 0 Å². The molecular weight excluding hydrogens is 136 g/mol. The van der Waals surface area contributed by atoms with Crippen LogP contribution in [0.15, 0.2) is 42.7 Å². The van der Waals surface area contributed by atoms with Gasteiger partial charge in [-0.15, -0.1) is 0 Å². The van der Waals surface area contributed by atoms with Crippen molar-refractivity contribution < 1.29 is 4.74 Å². The lowest BCUT2D eigenvalue weighted by Crippen LogP contribution is -1.78. The summed E-state index contributed by atoms with van der Waals surface area (Å²) in [6.07, 6.45) is 4.64. The van der Waals surface area contributed by atoms with Gasteiger partial charge >= 0.3 is 0 Å². The Kier molecular flexibility index (Phi) is 3.26. The van der Waals surface area contributed by atoms with Crippen molar-refractivity contribution in [1.82, 2.24) is 0 Å². The zero-order chi connectivity index (χ0) is 7.94. The minimum Gasteiger partial charge on any atom is -0.505 e. The molecule has 0 unspecified atom stereocenters. The lowest BCUT2D eigenvalue weighted by Gasteiger charge is -1.93. The summed E-state index contributed by atoms with van der Waals surface area (Å²) in [6.45, 7) is 0. The van der Waals surface area contributed by atoms with E-state index in [1.54, 1.807) is 13.4 Å². The molecule has 0 bridgehead atoms. The van der Waals surface area contributed by atoms with Crippen LogP contribution in [0.1, 0.15) is 5.56 Å². The van der Waals surface area contributed by atoms with Gasteiger partial charge in [-0.2, -0.15) is 0 Å². The number of methoxy groups -OCH3 is 1. The van der Waals surface area contributed by atoms with E-state index in [2.05, 4.69) is 12.1 Å². The molecule has 0 radical (unpaired) electrons. The quantitative estimate of drug-likeness (QED) is 0.598. The van der Waals surface area contributed by atoms with Gasteiger partial charge in [0.15, 0.2) is 0 Å². The maximum absolute atomic E-state index is 4.78. The van der Waals surface area contributed by atoms with E-state index in [9.17, 15) is 0 Å². The van der Waals surface area contributed by atoms with Gasteiger partial charge in [-0.1, -0.05) is 30.3 Å². The van der Waals surface area contributed by atoms with Gasteiger partial charge in [0.25, 0.3) is 0 Å². The van der Waals surface area contributed by atoms with Crippen LogP contribution in [0.4, 0.5) is 0 Å². The molecule has 1 heteroatoms. The monoisotopic (exact) mass is 148 g/mol. The van der Waals surface area contributed by atoms with Crippen LogP contribution < -0.4 is 0 Å². The third-order valence-electron chi connectivity index (χ3n) is 1.43. The predicted molar refractivity (Wildman–Crippen MR) is 46.3 cm³/mol. The fraction of sp³-hybridized carbons (Fsp3) is 0.200. The molecule has 1 aromatic rings. The molecule has 0 fully saturated rings. The highest BCUT2D eigenvalue weighted by Crippen LogP contribution is 1.99. The van der Waals surface area contributed by atoms with E-state index in [1.165, 1.54) is 5.56 Å². The van der Waals surface area contributed by atoms with E-state index in [4.69, 9.17) is 4.74 Å². The first-order valence-electron chi connectivity index (χ1n) is 3.65. The Morgan fingerprint density at radius 1 is 1.27 bits per heavy atom. The summed E-state index contributed by atoms with van der Waals surface area (Å²) in [5, 5.41) is 0. The van der Waals surface area contributed by atoms with Crippen LogP contribution in [-0.2, 0) is 11.2 Å². The number of allylic oxidation sites excluding steroid dienone is 1. The van der Waals surface area contributed by atoms with Gasteiger partial charge in [-0.3, -0.25) is 0 Å². The first-order chi connectivity index (χ1) is 5.43. The van der Waals surface area contributed by atoms with Crippen LogP contribution in [0.25, 0.3) is 0 Å². The molecule has 0 aromatic heterocycles. The number of rotatable bonds is 3. The summed E-state index contributed by atoms with van der Waals surface area (Å²) in [6, 6.07) is 10.3. The smallest absolute Gasteiger partial charge is 0.0788 e. The van der Waals surface area contributed by atoms with Crippen LogP contribution in [0, 0.1) is 0 Å². The van der Waals surface area contributed by atoms with E-state index in [0.717, 1.165) is 6.42 Å². The summed E-state index contributed by atoms with van der Waals surface area (Å²) in [5.41, 5.74) is 1.31. The predicted octanol–water partition coefficient (Wildman–Crippen LogP) is 2.39. The van der Waals surface area contributed by atoms with Crippen LogP contribution in [-0.4, -0.2) is 7.11 Å². The fourth-order valence-corrected chi connectivity index (χ4v) is 0.895. The highest BCUT2D eigenvalue weighted by Gasteiger charge is 1.84. The average Bonchev–Trinajstić information content (AvgIpc) is 2.07. The second kappa shape index (κ2) is 4.56. The Balaban J connectivity index is 2.45. The van der Waals surface area contributed by atoms with Crippen LogP contribution in [0.5, 0.6) is 0 Å². The number of hydrogen-bond acceptors (Lipinski definition) is 1. The minimum atomic E-state index is 0.939. The van der Waals surface area contributed by atoms with E-state index in [1.807, 2.05) is 24.3 Å². The molecule has 0 N–H and O–H groups in total. The van der Waals surface area contributed by atoms with Crippen LogP contribution in [0.2, 0.25) is 0 Å². The zero-order valence-electron chi connectivity index (χ0n) is 6.66. The van der Waals surface area contributed by atoms with Crippen LogP contribution in [0.3, 0.4) is 0 Å². The first-order valence-corrected chi connectivity index (χ1v) is 3.65. The summed E-state index contributed by atoms with van der Waals surface area (Å²) in [7, 11) is 1.65. The third kappa shape index (κ3) is 2.89. The lowest BCUT2D eigenvalue weighted by molar-refractivity contribution is 0.337. The van der Waals surface area contributed by atoms with E-state index in [0.29, 0.717) is 0 Å². The first kappa shape index (κ1) is 7.86. The van der Waals surface area contributed by atoms with E-state index >= 15 is 0 Å². The average molecular weight is 148 g/mol. The molecular formula is C10H12O. The molecule has 0 heterocycles.